The summed E-state index contributed by atoms with van der Waals surface area (Å²) in [6.07, 6.45) is 5.61. The molecule has 0 aliphatic heterocycles. The molecule has 4 rings (SSSR count). The van der Waals surface area contributed by atoms with E-state index in [1.807, 2.05) is 60.7 Å². The molecule has 1 aromatic carbocycles. The molecule has 0 bridgehead atoms. The van der Waals surface area contributed by atoms with Crippen LogP contribution in [0.15, 0.2) is 65.5 Å². The first-order valence-corrected chi connectivity index (χ1v) is 9.43. The van der Waals surface area contributed by atoms with Crippen molar-refractivity contribution in [2.45, 2.75) is 6.54 Å². The van der Waals surface area contributed by atoms with Gasteiger partial charge >= 0.3 is 0 Å². The van der Waals surface area contributed by atoms with Crippen molar-refractivity contribution in [1.82, 2.24) is 19.5 Å². The van der Waals surface area contributed by atoms with Gasteiger partial charge in [0.2, 0.25) is 5.95 Å². The van der Waals surface area contributed by atoms with Gasteiger partial charge in [0, 0.05) is 59.8 Å². The number of hydrogen-bond acceptors (Lipinski definition) is 5. The molecule has 3 aromatic heterocycles. The average Bonchev–Trinajstić information content (AvgIpc) is 3.11. The van der Waals surface area contributed by atoms with Gasteiger partial charge in [-0.05, 0) is 36.4 Å². The number of nitrogens with two attached hydrogens (primary N) is 1. The molecule has 7 heteroatoms. The minimum Gasteiger partial charge on any atom is -0.331 e. The van der Waals surface area contributed by atoms with Crippen molar-refractivity contribution in [3.63, 3.8) is 0 Å². The fraction of sp³-hybridized carbons (Fsp3) is 0.150. The number of benzene rings is 1. The molecule has 0 atom stereocenters. The van der Waals surface area contributed by atoms with Crippen molar-refractivity contribution in [2.24, 2.45) is 5.73 Å². The molecule has 0 fully saturated rings. The van der Waals surface area contributed by atoms with E-state index in [-0.39, 0.29) is 0 Å². The van der Waals surface area contributed by atoms with Crippen LogP contribution in [-0.2, 0) is 6.54 Å². The van der Waals surface area contributed by atoms with Crippen LogP contribution in [-0.4, -0.2) is 33.1 Å². The third-order valence-corrected chi connectivity index (χ3v) is 4.94. The highest BCUT2D eigenvalue weighted by molar-refractivity contribution is 9.10. The highest BCUT2D eigenvalue weighted by Crippen LogP contribution is 2.29. The number of hydrogen-bond donors (Lipinski definition) is 1. The van der Waals surface area contributed by atoms with Gasteiger partial charge in [-0.3, -0.25) is 0 Å². The summed E-state index contributed by atoms with van der Waals surface area (Å²) in [5, 5.41) is 1.06. The topological polar surface area (TPSA) is 72.9 Å². The molecular weight excluding hydrogens is 404 g/mol. The van der Waals surface area contributed by atoms with Gasteiger partial charge < -0.3 is 15.2 Å². The largest absolute Gasteiger partial charge is 0.331 e. The second-order valence-corrected chi connectivity index (χ2v) is 7.09. The summed E-state index contributed by atoms with van der Waals surface area (Å²) >= 11 is 3.51. The predicted molar refractivity (Wildman–Crippen MR) is 112 cm³/mol. The number of halogens is 1. The third-order valence-electron chi connectivity index (χ3n) is 4.45. The van der Waals surface area contributed by atoms with Crippen LogP contribution in [0.1, 0.15) is 0 Å². The van der Waals surface area contributed by atoms with Gasteiger partial charge in [-0.15, -0.1) is 0 Å². The van der Waals surface area contributed by atoms with Gasteiger partial charge in [0.15, 0.2) is 0 Å². The Hall–Kier alpha value is -2.77. The molecule has 3 heterocycles. The van der Waals surface area contributed by atoms with Crippen LogP contribution in [0.3, 0.4) is 0 Å². The zero-order chi connectivity index (χ0) is 18.8. The summed E-state index contributed by atoms with van der Waals surface area (Å²) in [6, 6.07) is 14.0. The van der Waals surface area contributed by atoms with Crippen LogP contribution in [0.2, 0.25) is 0 Å². The minimum atomic E-state index is 0.574. The summed E-state index contributed by atoms with van der Waals surface area (Å²) in [5.74, 6) is 0.636. The Kier molecular flexibility index (Phi) is 4.87. The van der Waals surface area contributed by atoms with E-state index in [4.69, 9.17) is 10.7 Å². The zero-order valence-corrected chi connectivity index (χ0v) is 16.5. The standard InChI is InChI=1S/C20H19BrN6/c1-26(15-4-2-3-14(21)13-15)20-24-10-6-18(25-20)16-5-9-23-19-17(16)7-11-27(19)12-8-22/h2-7,9-11,13H,8,12,22H2,1H3. The monoisotopic (exact) mass is 422 g/mol. The summed E-state index contributed by atoms with van der Waals surface area (Å²) in [6.45, 7) is 1.31. The maximum absolute atomic E-state index is 5.70. The van der Waals surface area contributed by atoms with Crippen molar-refractivity contribution in [3.05, 3.63) is 65.5 Å². The van der Waals surface area contributed by atoms with E-state index < -0.39 is 0 Å². The number of aromatic nitrogens is 4. The molecule has 27 heavy (non-hydrogen) atoms. The lowest BCUT2D eigenvalue weighted by Gasteiger charge is -2.18. The van der Waals surface area contributed by atoms with Gasteiger partial charge in [-0.25, -0.2) is 15.0 Å². The van der Waals surface area contributed by atoms with E-state index in [9.17, 15) is 0 Å². The first-order chi connectivity index (χ1) is 13.2. The Balaban J connectivity index is 1.76. The first kappa shape index (κ1) is 17.6. The third kappa shape index (κ3) is 3.43. The minimum absolute atomic E-state index is 0.574. The Morgan fingerprint density at radius 2 is 1.96 bits per heavy atom. The highest BCUT2D eigenvalue weighted by Gasteiger charge is 2.13. The molecule has 4 aromatic rings. The lowest BCUT2D eigenvalue weighted by molar-refractivity contribution is 0.728. The Labute approximate surface area is 165 Å². The Morgan fingerprint density at radius 3 is 2.78 bits per heavy atom. The smallest absolute Gasteiger partial charge is 0.230 e. The molecule has 0 aliphatic rings. The van der Waals surface area contributed by atoms with E-state index in [0.29, 0.717) is 12.5 Å². The second kappa shape index (κ2) is 7.46. The summed E-state index contributed by atoms with van der Waals surface area (Å²) < 4.78 is 3.08. The van der Waals surface area contributed by atoms with E-state index in [1.54, 1.807) is 6.20 Å². The average molecular weight is 423 g/mol. The molecule has 6 nitrogen and oxygen atoms in total. The summed E-state index contributed by atoms with van der Waals surface area (Å²) in [5.41, 5.74) is 9.52. The van der Waals surface area contributed by atoms with Crippen LogP contribution in [0.4, 0.5) is 11.6 Å². The Bertz CT molecular complexity index is 1090. The van der Waals surface area contributed by atoms with Crippen molar-refractivity contribution in [1.29, 1.82) is 0 Å². The van der Waals surface area contributed by atoms with Gasteiger partial charge in [-0.1, -0.05) is 22.0 Å². The lowest BCUT2D eigenvalue weighted by Crippen LogP contribution is -2.13. The number of pyridine rings is 1. The summed E-state index contributed by atoms with van der Waals surface area (Å²) in [4.78, 5) is 15.7. The first-order valence-electron chi connectivity index (χ1n) is 8.64. The van der Waals surface area contributed by atoms with E-state index in [1.165, 1.54) is 0 Å². The fourth-order valence-electron chi connectivity index (χ4n) is 3.09. The van der Waals surface area contributed by atoms with Gasteiger partial charge in [0.05, 0.1) is 5.69 Å². The van der Waals surface area contributed by atoms with Crippen LogP contribution in [0, 0.1) is 0 Å². The quantitative estimate of drug-likeness (QED) is 0.526. The molecule has 2 N–H and O–H groups in total. The molecule has 0 saturated heterocycles. The lowest BCUT2D eigenvalue weighted by atomic mass is 10.1. The molecule has 0 saturated carbocycles. The molecule has 0 amide bonds. The number of nitrogens with zero attached hydrogens (tertiary/aromatic N) is 5. The van der Waals surface area contributed by atoms with Crippen molar-refractivity contribution < 1.29 is 0 Å². The SMILES string of the molecule is CN(c1cccc(Br)c1)c1nccc(-c2ccnc3c2ccn3CCN)n1. The number of fused-ring (bicyclic) bond motifs is 1. The van der Waals surface area contributed by atoms with E-state index in [0.717, 1.165) is 39.0 Å². The van der Waals surface area contributed by atoms with Gasteiger partial charge in [0.1, 0.15) is 5.65 Å². The number of anilines is 2. The van der Waals surface area contributed by atoms with E-state index in [2.05, 4.69) is 36.5 Å². The second-order valence-electron chi connectivity index (χ2n) is 6.17. The fourth-order valence-corrected chi connectivity index (χ4v) is 3.48. The maximum atomic E-state index is 5.70. The predicted octanol–water partition coefficient (Wildman–Crippen LogP) is 3.98. The molecular formula is C20H19BrN6. The number of rotatable bonds is 5. The molecule has 0 aliphatic carbocycles. The van der Waals surface area contributed by atoms with Crippen LogP contribution < -0.4 is 10.6 Å². The highest BCUT2D eigenvalue weighted by atomic mass is 79.9. The Morgan fingerprint density at radius 1 is 1.11 bits per heavy atom. The van der Waals surface area contributed by atoms with Crippen LogP contribution >= 0.6 is 15.9 Å². The van der Waals surface area contributed by atoms with Crippen LogP contribution in [0.5, 0.6) is 0 Å². The van der Waals surface area contributed by atoms with E-state index >= 15 is 0 Å². The van der Waals surface area contributed by atoms with Gasteiger partial charge in [0.25, 0.3) is 0 Å². The van der Waals surface area contributed by atoms with Crippen LogP contribution in [0.25, 0.3) is 22.3 Å². The molecule has 0 unspecified atom stereocenters. The molecule has 0 radical (unpaired) electrons. The molecule has 136 valence electrons. The zero-order valence-electron chi connectivity index (χ0n) is 14.9. The van der Waals surface area contributed by atoms with Crippen molar-refractivity contribution in [2.75, 3.05) is 18.5 Å². The van der Waals surface area contributed by atoms with Crippen molar-refractivity contribution in [3.8, 4) is 11.3 Å². The van der Waals surface area contributed by atoms with Gasteiger partial charge in [-0.2, -0.15) is 0 Å². The summed E-state index contributed by atoms with van der Waals surface area (Å²) in [7, 11) is 1.96. The normalized spacial score (nSPS) is 11.1. The maximum Gasteiger partial charge on any atom is 0.230 e. The van der Waals surface area contributed by atoms with Crippen molar-refractivity contribution >= 4 is 38.6 Å². The molecule has 0 spiro atoms.